The monoisotopic (exact) mass is 443 g/mol. The van der Waals surface area contributed by atoms with E-state index >= 15 is 0 Å². The van der Waals surface area contributed by atoms with Crippen molar-refractivity contribution in [3.05, 3.63) is 89.8 Å². The van der Waals surface area contributed by atoms with Crippen molar-refractivity contribution in [2.75, 3.05) is 12.0 Å². The molecule has 2 aromatic carbocycles. The quantitative estimate of drug-likeness (QED) is 0.287. The Hall–Kier alpha value is -4.04. The number of hydrogen-bond acceptors (Lipinski definition) is 7. The lowest BCUT2D eigenvalue weighted by Crippen LogP contribution is -2.29. The molecule has 158 valence electrons. The van der Waals surface area contributed by atoms with Crippen LogP contribution in [0, 0.1) is 0 Å². The molecule has 1 aliphatic rings. The fraction of sp³-hybridized carbons (Fsp3) is 0.0833. The van der Waals surface area contributed by atoms with Gasteiger partial charge in [0.05, 0.1) is 28.9 Å². The molecular weight excluding hydrogens is 426 g/mol. The number of carbonyl (C=O) groups excluding carboxylic acids is 2. The fourth-order valence-corrected chi connectivity index (χ4v) is 4.79. The number of nitrogens with zero attached hydrogens (tertiary/aromatic N) is 3. The molecule has 3 heterocycles. The second-order valence-corrected chi connectivity index (χ2v) is 8.15. The number of methoxy groups -OCH3 is 1. The molecular formula is C24H17N3O4S. The van der Waals surface area contributed by atoms with E-state index < -0.39 is 17.7 Å². The first-order valence-electron chi connectivity index (χ1n) is 9.79. The Kier molecular flexibility index (Phi) is 4.91. The van der Waals surface area contributed by atoms with Crippen LogP contribution in [0.5, 0.6) is 5.75 Å². The van der Waals surface area contributed by atoms with Crippen LogP contribution in [-0.2, 0) is 9.59 Å². The van der Waals surface area contributed by atoms with Gasteiger partial charge in [0.25, 0.3) is 5.78 Å². The van der Waals surface area contributed by atoms with Gasteiger partial charge >= 0.3 is 5.91 Å². The molecule has 0 aliphatic carbocycles. The van der Waals surface area contributed by atoms with Crippen molar-refractivity contribution in [2.45, 2.75) is 6.04 Å². The van der Waals surface area contributed by atoms with E-state index in [1.807, 2.05) is 36.4 Å². The van der Waals surface area contributed by atoms with Gasteiger partial charge in [-0.15, -0.1) is 0 Å². The van der Waals surface area contributed by atoms with Crippen molar-refractivity contribution in [2.24, 2.45) is 0 Å². The summed E-state index contributed by atoms with van der Waals surface area (Å²) in [6, 6.07) is 16.9. The lowest BCUT2D eigenvalue weighted by atomic mass is 9.96. The van der Waals surface area contributed by atoms with Crippen LogP contribution in [0.4, 0.5) is 5.13 Å². The molecule has 1 amide bonds. The summed E-state index contributed by atoms with van der Waals surface area (Å²) in [5.41, 5.74) is 1.81. The maximum Gasteiger partial charge on any atom is 0.301 e. The Morgan fingerprint density at radius 1 is 1.06 bits per heavy atom. The highest BCUT2D eigenvalue weighted by Crippen LogP contribution is 2.44. The summed E-state index contributed by atoms with van der Waals surface area (Å²) < 4.78 is 6.10. The van der Waals surface area contributed by atoms with Crippen LogP contribution >= 0.6 is 11.3 Å². The number of carbonyl (C=O) groups is 2. The summed E-state index contributed by atoms with van der Waals surface area (Å²) in [4.78, 5) is 36.2. The van der Waals surface area contributed by atoms with E-state index in [1.165, 1.54) is 28.6 Å². The molecule has 0 spiro atoms. The standard InChI is InChI=1S/C24H17N3O4S/c1-31-16-7-8-17-18(13-16)32-24(26-17)27-20(14-5-3-2-4-6-14)19(22(29)23(27)30)21(28)15-9-11-25-12-10-15/h2-13,20,28H,1H3/b21-19+. The highest BCUT2D eigenvalue weighted by molar-refractivity contribution is 7.22. The number of benzene rings is 2. The van der Waals surface area contributed by atoms with Gasteiger partial charge in [-0.1, -0.05) is 41.7 Å². The number of aliphatic hydroxyl groups is 1. The molecule has 1 aliphatic heterocycles. The Labute approximate surface area is 187 Å². The third-order valence-electron chi connectivity index (χ3n) is 5.30. The largest absolute Gasteiger partial charge is 0.507 e. The van der Waals surface area contributed by atoms with Gasteiger partial charge in [0, 0.05) is 18.0 Å². The van der Waals surface area contributed by atoms with Crippen molar-refractivity contribution in [3.63, 3.8) is 0 Å². The average Bonchev–Trinajstić information content (AvgIpc) is 3.37. The highest BCUT2D eigenvalue weighted by atomic mass is 32.1. The van der Waals surface area contributed by atoms with E-state index in [-0.39, 0.29) is 11.3 Å². The second kappa shape index (κ2) is 7.90. The van der Waals surface area contributed by atoms with Crippen LogP contribution in [0.1, 0.15) is 17.2 Å². The second-order valence-electron chi connectivity index (χ2n) is 7.15. The lowest BCUT2D eigenvalue weighted by Gasteiger charge is -2.22. The molecule has 0 bridgehead atoms. The summed E-state index contributed by atoms with van der Waals surface area (Å²) in [7, 11) is 1.58. The summed E-state index contributed by atoms with van der Waals surface area (Å²) in [5, 5.41) is 11.4. The van der Waals surface area contributed by atoms with Crippen LogP contribution in [-0.4, -0.2) is 33.9 Å². The van der Waals surface area contributed by atoms with Gasteiger partial charge < -0.3 is 9.84 Å². The van der Waals surface area contributed by atoms with Gasteiger partial charge in [0.2, 0.25) is 0 Å². The molecule has 0 radical (unpaired) electrons. The lowest BCUT2D eigenvalue weighted by molar-refractivity contribution is -0.132. The number of anilines is 1. The van der Waals surface area contributed by atoms with Crippen LogP contribution in [0.3, 0.4) is 0 Å². The minimum Gasteiger partial charge on any atom is -0.507 e. The van der Waals surface area contributed by atoms with Gasteiger partial charge in [-0.3, -0.25) is 19.5 Å². The summed E-state index contributed by atoms with van der Waals surface area (Å²) in [6.07, 6.45) is 3.03. The Morgan fingerprint density at radius 3 is 2.53 bits per heavy atom. The van der Waals surface area contributed by atoms with Crippen molar-refractivity contribution in [3.8, 4) is 5.75 Å². The Morgan fingerprint density at radius 2 is 1.81 bits per heavy atom. The summed E-state index contributed by atoms with van der Waals surface area (Å²) in [5.74, 6) is -1.07. The Balaban J connectivity index is 1.71. The third-order valence-corrected chi connectivity index (χ3v) is 6.32. The molecule has 5 rings (SSSR count). The number of amides is 1. The van der Waals surface area contributed by atoms with Crippen molar-refractivity contribution < 1.29 is 19.4 Å². The van der Waals surface area contributed by atoms with E-state index in [0.717, 1.165) is 4.70 Å². The molecule has 2 aromatic heterocycles. The molecule has 8 heteroatoms. The van der Waals surface area contributed by atoms with Crippen molar-refractivity contribution in [1.82, 2.24) is 9.97 Å². The third kappa shape index (κ3) is 3.21. The van der Waals surface area contributed by atoms with Gasteiger partial charge in [-0.05, 0) is 35.9 Å². The Bertz CT molecular complexity index is 1370. The number of Topliss-reactive ketones (excluding diaryl/α,β-unsaturated/α-hetero) is 1. The van der Waals surface area contributed by atoms with Crippen LogP contribution in [0.25, 0.3) is 16.0 Å². The number of thiazole rings is 1. The number of pyridine rings is 1. The molecule has 1 unspecified atom stereocenters. The van der Waals surface area contributed by atoms with Crippen LogP contribution < -0.4 is 9.64 Å². The van der Waals surface area contributed by atoms with Crippen molar-refractivity contribution >= 4 is 44.1 Å². The van der Waals surface area contributed by atoms with Gasteiger partial charge in [-0.2, -0.15) is 0 Å². The molecule has 1 atom stereocenters. The van der Waals surface area contributed by atoms with E-state index in [9.17, 15) is 14.7 Å². The SMILES string of the molecule is COc1ccc2nc(N3C(=O)C(=O)/C(=C(/O)c4ccncc4)C3c3ccccc3)sc2c1. The molecule has 4 aromatic rings. The number of ketones is 1. The highest BCUT2D eigenvalue weighted by Gasteiger charge is 2.48. The van der Waals surface area contributed by atoms with Crippen molar-refractivity contribution in [1.29, 1.82) is 0 Å². The van der Waals surface area contributed by atoms with Crippen LogP contribution in [0.15, 0.2) is 78.6 Å². The number of aromatic nitrogens is 2. The zero-order chi connectivity index (χ0) is 22.2. The fourth-order valence-electron chi connectivity index (χ4n) is 3.77. The van der Waals surface area contributed by atoms with E-state index in [1.54, 1.807) is 31.4 Å². The number of aliphatic hydroxyl groups excluding tert-OH is 1. The average molecular weight is 443 g/mol. The minimum absolute atomic E-state index is 0.0178. The smallest absolute Gasteiger partial charge is 0.301 e. The molecule has 1 fully saturated rings. The van der Waals surface area contributed by atoms with E-state index in [0.29, 0.717) is 27.5 Å². The minimum atomic E-state index is -0.813. The molecule has 0 saturated carbocycles. The van der Waals surface area contributed by atoms with E-state index in [2.05, 4.69) is 9.97 Å². The molecule has 7 nitrogen and oxygen atoms in total. The first-order valence-corrected chi connectivity index (χ1v) is 10.6. The normalized spacial score (nSPS) is 17.8. The predicted octanol–water partition coefficient (Wildman–Crippen LogP) is 4.33. The van der Waals surface area contributed by atoms with E-state index in [4.69, 9.17) is 4.74 Å². The number of fused-ring (bicyclic) bond motifs is 1. The number of rotatable bonds is 4. The number of ether oxygens (including phenoxy) is 1. The van der Waals surface area contributed by atoms with Gasteiger partial charge in [-0.25, -0.2) is 4.98 Å². The zero-order valence-corrected chi connectivity index (χ0v) is 17.7. The first kappa shape index (κ1) is 19.9. The van der Waals surface area contributed by atoms with Crippen LogP contribution in [0.2, 0.25) is 0 Å². The summed E-state index contributed by atoms with van der Waals surface area (Å²) >= 11 is 1.29. The maximum absolute atomic E-state index is 13.2. The molecule has 32 heavy (non-hydrogen) atoms. The van der Waals surface area contributed by atoms with Gasteiger partial charge in [0.1, 0.15) is 11.5 Å². The maximum atomic E-state index is 13.2. The van der Waals surface area contributed by atoms with Gasteiger partial charge in [0.15, 0.2) is 5.13 Å². The molecule has 1 N–H and O–H groups in total. The number of hydrogen-bond donors (Lipinski definition) is 1. The zero-order valence-electron chi connectivity index (χ0n) is 16.9. The first-order chi connectivity index (χ1) is 15.6. The topological polar surface area (TPSA) is 92.6 Å². The summed E-state index contributed by atoms with van der Waals surface area (Å²) in [6.45, 7) is 0. The predicted molar refractivity (Wildman–Crippen MR) is 122 cm³/mol. The molecule has 1 saturated heterocycles.